The van der Waals surface area contributed by atoms with Crippen LogP contribution in [0.3, 0.4) is 0 Å². The molecule has 0 aromatic heterocycles. The van der Waals surface area contributed by atoms with Gasteiger partial charge in [-0.25, -0.2) is 8.78 Å². The van der Waals surface area contributed by atoms with Crippen LogP contribution < -0.4 is 5.32 Å². The normalized spacial score (nSPS) is 12.6. The number of hydrogen-bond acceptors (Lipinski definition) is 1. The average Bonchev–Trinajstić information content (AvgIpc) is 2.45. The van der Waals surface area contributed by atoms with E-state index < -0.39 is 0 Å². The van der Waals surface area contributed by atoms with Crippen molar-refractivity contribution < 1.29 is 8.78 Å². The summed E-state index contributed by atoms with van der Waals surface area (Å²) in [6.07, 6.45) is 0. The summed E-state index contributed by atoms with van der Waals surface area (Å²) >= 11 is 0. The summed E-state index contributed by atoms with van der Waals surface area (Å²) in [6, 6.07) is 13.2. The van der Waals surface area contributed by atoms with Crippen molar-refractivity contribution in [3.63, 3.8) is 0 Å². The van der Waals surface area contributed by atoms with Crippen LogP contribution in [0.1, 0.15) is 30.9 Å². The molecule has 0 radical (unpaired) electrons. The summed E-state index contributed by atoms with van der Waals surface area (Å²) in [6.45, 7) is 5.83. The SMILES string of the molecule is CCNC[C@@H](C)C(c1cccc(F)c1)c1cccc(F)c1. The minimum absolute atomic E-state index is 0.0320. The van der Waals surface area contributed by atoms with Crippen molar-refractivity contribution in [1.29, 1.82) is 0 Å². The van der Waals surface area contributed by atoms with Gasteiger partial charge in [-0.2, -0.15) is 0 Å². The molecule has 0 saturated carbocycles. The van der Waals surface area contributed by atoms with Gasteiger partial charge in [0.1, 0.15) is 11.6 Å². The molecule has 2 aromatic carbocycles. The van der Waals surface area contributed by atoms with E-state index in [0.29, 0.717) is 0 Å². The van der Waals surface area contributed by atoms with E-state index in [-0.39, 0.29) is 23.5 Å². The van der Waals surface area contributed by atoms with E-state index in [4.69, 9.17) is 0 Å². The van der Waals surface area contributed by atoms with Crippen LogP contribution in [0.5, 0.6) is 0 Å². The van der Waals surface area contributed by atoms with Gasteiger partial charge < -0.3 is 5.32 Å². The second-order valence-electron chi connectivity index (χ2n) is 5.37. The van der Waals surface area contributed by atoms with Crippen molar-refractivity contribution in [2.24, 2.45) is 5.92 Å². The van der Waals surface area contributed by atoms with Crippen molar-refractivity contribution in [3.8, 4) is 0 Å². The van der Waals surface area contributed by atoms with Crippen molar-refractivity contribution in [3.05, 3.63) is 71.3 Å². The summed E-state index contributed by atoms with van der Waals surface area (Å²) in [5, 5.41) is 3.31. The minimum atomic E-state index is -0.260. The van der Waals surface area contributed by atoms with Gasteiger partial charge in [-0.1, -0.05) is 38.1 Å². The zero-order valence-corrected chi connectivity index (χ0v) is 12.4. The van der Waals surface area contributed by atoms with E-state index in [9.17, 15) is 8.78 Å². The number of halogens is 2. The maximum Gasteiger partial charge on any atom is 0.123 e. The monoisotopic (exact) mass is 289 g/mol. The second kappa shape index (κ2) is 7.32. The zero-order chi connectivity index (χ0) is 15.2. The minimum Gasteiger partial charge on any atom is -0.317 e. The molecule has 0 aliphatic heterocycles. The topological polar surface area (TPSA) is 12.0 Å². The summed E-state index contributed by atoms with van der Waals surface area (Å²) in [4.78, 5) is 0. The smallest absolute Gasteiger partial charge is 0.123 e. The maximum absolute atomic E-state index is 13.5. The lowest BCUT2D eigenvalue weighted by molar-refractivity contribution is 0.469. The first kappa shape index (κ1) is 15.6. The largest absolute Gasteiger partial charge is 0.317 e. The Kier molecular flexibility index (Phi) is 5.45. The molecule has 0 aliphatic carbocycles. The highest BCUT2D eigenvalue weighted by atomic mass is 19.1. The van der Waals surface area contributed by atoms with Crippen LogP contribution in [0.15, 0.2) is 48.5 Å². The molecule has 0 aliphatic rings. The molecule has 112 valence electrons. The first-order valence-corrected chi connectivity index (χ1v) is 7.33. The lowest BCUT2D eigenvalue weighted by atomic mass is 9.81. The molecule has 21 heavy (non-hydrogen) atoms. The molecule has 0 saturated heterocycles. The molecule has 1 nitrogen and oxygen atoms in total. The average molecular weight is 289 g/mol. The Balaban J connectivity index is 2.39. The third kappa shape index (κ3) is 4.11. The lowest BCUT2D eigenvalue weighted by Crippen LogP contribution is -2.26. The van der Waals surface area contributed by atoms with E-state index in [1.165, 1.54) is 24.3 Å². The molecule has 0 spiro atoms. The standard InChI is InChI=1S/C18H21F2N/c1-3-21-12-13(2)18(14-6-4-8-16(19)10-14)15-7-5-9-17(20)11-15/h4-11,13,18,21H,3,12H2,1-2H3/t13-/m1/s1. The summed E-state index contributed by atoms with van der Waals surface area (Å²) in [5.74, 6) is -0.321. The van der Waals surface area contributed by atoms with E-state index in [0.717, 1.165) is 24.2 Å². The van der Waals surface area contributed by atoms with E-state index >= 15 is 0 Å². The molecule has 0 amide bonds. The molecular weight excluding hydrogens is 268 g/mol. The van der Waals surface area contributed by atoms with Crippen molar-refractivity contribution in [1.82, 2.24) is 5.32 Å². The first-order chi connectivity index (χ1) is 10.1. The van der Waals surface area contributed by atoms with Crippen LogP contribution in [-0.4, -0.2) is 13.1 Å². The van der Waals surface area contributed by atoms with Gasteiger partial charge in [0.25, 0.3) is 0 Å². The van der Waals surface area contributed by atoms with Crippen LogP contribution >= 0.6 is 0 Å². The van der Waals surface area contributed by atoms with Gasteiger partial charge >= 0.3 is 0 Å². The Morgan fingerprint density at radius 1 is 0.952 bits per heavy atom. The highest BCUT2D eigenvalue weighted by Gasteiger charge is 2.22. The van der Waals surface area contributed by atoms with Gasteiger partial charge in [0.2, 0.25) is 0 Å². The van der Waals surface area contributed by atoms with Crippen LogP contribution in [-0.2, 0) is 0 Å². The van der Waals surface area contributed by atoms with Crippen molar-refractivity contribution in [2.45, 2.75) is 19.8 Å². The van der Waals surface area contributed by atoms with Gasteiger partial charge in [0.05, 0.1) is 0 Å². The number of benzene rings is 2. The predicted molar refractivity (Wildman–Crippen MR) is 82.4 cm³/mol. The van der Waals surface area contributed by atoms with Gasteiger partial charge in [0, 0.05) is 5.92 Å². The summed E-state index contributed by atoms with van der Waals surface area (Å²) in [7, 11) is 0. The predicted octanol–water partition coefficient (Wildman–Crippen LogP) is 4.34. The van der Waals surface area contributed by atoms with Gasteiger partial charge in [-0.05, 0) is 54.4 Å². The van der Waals surface area contributed by atoms with Crippen LogP contribution in [0.4, 0.5) is 8.78 Å². The van der Waals surface area contributed by atoms with Crippen molar-refractivity contribution >= 4 is 0 Å². The van der Waals surface area contributed by atoms with Gasteiger partial charge in [0.15, 0.2) is 0 Å². The molecule has 2 rings (SSSR count). The number of rotatable bonds is 6. The molecule has 3 heteroatoms. The van der Waals surface area contributed by atoms with Crippen LogP contribution in [0.25, 0.3) is 0 Å². The number of hydrogen-bond donors (Lipinski definition) is 1. The summed E-state index contributed by atoms with van der Waals surface area (Å²) in [5.41, 5.74) is 1.76. The van der Waals surface area contributed by atoms with E-state index in [2.05, 4.69) is 12.2 Å². The Morgan fingerprint density at radius 2 is 1.48 bits per heavy atom. The molecule has 0 fully saturated rings. The second-order valence-corrected chi connectivity index (χ2v) is 5.37. The van der Waals surface area contributed by atoms with E-state index in [1.807, 2.05) is 19.1 Å². The maximum atomic E-state index is 13.5. The summed E-state index contributed by atoms with van der Waals surface area (Å²) < 4.78 is 27.1. The molecule has 0 unspecified atom stereocenters. The Bertz CT molecular complexity index is 537. The molecule has 1 N–H and O–H groups in total. The number of nitrogens with one attached hydrogen (secondary N) is 1. The van der Waals surface area contributed by atoms with Crippen LogP contribution in [0.2, 0.25) is 0 Å². The van der Waals surface area contributed by atoms with Gasteiger partial charge in [-0.15, -0.1) is 0 Å². The van der Waals surface area contributed by atoms with Crippen LogP contribution in [0, 0.1) is 17.6 Å². The first-order valence-electron chi connectivity index (χ1n) is 7.33. The zero-order valence-electron chi connectivity index (χ0n) is 12.4. The fourth-order valence-electron chi connectivity index (χ4n) is 2.74. The lowest BCUT2D eigenvalue weighted by Gasteiger charge is -2.25. The molecular formula is C18H21F2N. The Morgan fingerprint density at radius 3 is 1.90 bits per heavy atom. The highest BCUT2D eigenvalue weighted by Crippen LogP contribution is 2.32. The quantitative estimate of drug-likeness (QED) is 0.834. The third-order valence-electron chi connectivity index (χ3n) is 3.70. The highest BCUT2D eigenvalue weighted by molar-refractivity contribution is 5.34. The molecule has 0 bridgehead atoms. The Labute approximate surface area is 125 Å². The Hall–Kier alpha value is -1.74. The molecule has 0 heterocycles. The van der Waals surface area contributed by atoms with Gasteiger partial charge in [-0.3, -0.25) is 0 Å². The molecule has 2 aromatic rings. The third-order valence-corrected chi connectivity index (χ3v) is 3.70. The van der Waals surface area contributed by atoms with E-state index in [1.54, 1.807) is 12.1 Å². The fraction of sp³-hybridized carbons (Fsp3) is 0.333. The molecule has 1 atom stereocenters. The fourth-order valence-corrected chi connectivity index (χ4v) is 2.74. The van der Waals surface area contributed by atoms with Crippen molar-refractivity contribution in [2.75, 3.05) is 13.1 Å².